The summed E-state index contributed by atoms with van der Waals surface area (Å²) in [6.07, 6.45) is 4.48. The highest BCUT2D eigenvalue weighted by atomic mass is 127. The second kappa shape index (κ2) is 5.89. The fourth-order valence-corrected chi connectivity index (χ4v) is 5.58. The number of halogens is 1. The van der Waals surface area contributed by atoms with Crippen molar-refractivity contribution < 1.29 is 14.3 Å². The molecule has 2 aliphatic heterocycles. The van der Waals surface area contributed by atoms with Gasteiger partial charge in [0.25, 0.3) is 0 Å². The Kier molecular flexibility index (Phi) is 3.98. The van der Waals surface area contributed by atoms with Crippen LogP contribution in [-0.4, -0.2) is 33.1 Å². The van der Waals surface area contributed by atoms with Crippen LogP contribution < -0.4 is 9.47 Å². The lowest BCUT2D eigenvalue weighted by molar-refractivity contribution is -0.124. The van der Waals surface area contributed by atoms with Crippen LogP contribution in [0.3, 0.4) is 0 Å². The molecule has 1 aromatic carbocycles. The number of alkyl halides is 2. The Morgan fingerprint density at radius 3 is 3.05 bits per heavy atom. The van der Waals surface area contributed by atoms with Gasteiger partial charge in [-0.05, 0) is 34.6 Å². The monoisotopic (exact) mass is 385 g/mol. The van der Waals surface area contributed by atoms with E-state index in [9.17, 15) is 4.79 Å². The number of hydrogen-bond acceptors (Lipinski definition) is 3. The Morgan fingerprint density at radius 1 is 1.35 bits per heavy atom. The molecule has 1 aromatic rings. The van der Waals surface area contributed by atoms with Crippen molar-refractivity contribution in [3.05, 3.63) is 29.8 Å². The molecule has 0 radical (unpaired) electrons. The van der Waals surface area contributed by atoms with Crippen LogP contribution in [0, 0.1) is 4.31 Å². The number of benzene rings is 1. The Balaban J connectivity index is 1.68. The summed E-state index contributed by atoms with van der Waals surface area (Å²) in [7, 11) is 0. The van der Waals surface area contributed by atoms with Gasteiger partial charge < -0.3 is 14.4 Å². The molecule has 1 fully saturated rings. The van der Waals surface area contributed by atoms with Gasteiger partial charge in [0.1, 0.15) is 0 Å². The van der Waals surface area contributed by atoms with Crippen LogP contribution in [0.25, 0.3) is 6.08 Å². The van der Waals surface area contributed by atoms with Crippen molar-refractivity contribution in [3.8, 4) is 15.8 Å². The van der Waals surface area contributed by atoms with Crippen molar-refractivity contribution in [3.63, 3.8) is 0 Å². The topological polar surface area (TPSA) is 38.8 Å². The number of ether oxygens (including phenoxy) is 2. The number of carbonyl (C=O) groups excluding carboxylic acids is 1. The van der Waals surface area contributed by atoms with Crippen molar-refractivity contribution in [1.82, 2.24) is 4.90 Å². The van der Waals surface area contributed by atoms with E-state index in [0.29, 0.717) is 0 Å². The highest BCUT2D eigenvalue weighted by Gasteiger charge is 2.16. The molecule has 2 heterocycles. The maximum Gasteiger partial charge on any atom is 0.247 e. The van der Waals surface area contributed by atoms with Gasteiger partial charge in [-0.25, -0.2) is 0 Å². The molecule has 3 rings (SSSR count). The largest absolute Gasteiger partial charge is 0.454 e. The molecule has 0 bridgehead atoms. The summed E-state index contributed by atoms with van der Waals surface area (Å²) in [5, 5.41) is 0. The summed E-state index contributed by atoms with van der Waals surface area (Å²) >= 11 is -1.35. The zero-order chi connectivity index (χ0) is 13.9. The molecule has 0 unspecified atom stereocenters. The predicted octanol–water partition coefficient (Wildman–Crippen LogP) is 2.71. The summed E-state index contributed by atoms with van der Waals surface area (Å²) in [5.74, 6) is 1.53. The third kappa shape index (κ3) is 2.99. The highest BCUT2D eigenvalue weighted by Crippen LogP contribution is 2.33. The molecule has 0 atom stereocenters. The third-order valence-corrected chi connectivity index (χ3v) is 7.08. The molecule has 0 spiro atoms. The van der Waals surface area contributed by atoms with Crippen molar-refractivity contribution in [2.45, 2.75) is 6.42 Å². The van der Waals surface area contributed by atoms with Gasteiger partial charge in [0, 0.05) is 12.6 Å². The summed E-state index contributed by atoms with van der Waals surface area (Å²) in [6, 6.07) is 5.65. The lowest BCUT2D eigenvalue weighted by atomic mass is 10.2. The molecule has 0 aliphatic carbocycles. The van der Waals surface area contributed by atoms with Crippen LogP contribution in [0.5, 0.6) is 11.5 Å². The van der Waals surface area contributed by atoms with E-state index in [1.54, 1.807) is 6.08 Å². The minimum atomic E-state index is -1.35. The molecule has 2 aliphatic rings. The first-order valence-corrected chi connectivity index (χ1v) is 10.7. The Bertz CT molecular complexity index is 630. The highest BCUT2D eigenvalue weighted by molar-refractivity contribution is 14.2. The summed E-state index contributed by atoms with van der Waals surface area (Å²) < 4.78 is 18.6. The van der Waals surface area contributed by atoms with Crippen molar-refractivity contribution >= 4 is 31.1 Å². The number of amides is 1. The second-order valence-corrected chi connectivity index (χ2v) is 9.31. The summed E-state index contributed by atoms with van der Waals surface area (Å²) in [6.45, 7) is 1.09. The van der Waals surface area contributed by atoms with Gasteiger partial charge in [-0.15, -0.1) is 23.5 Å². The van der Waals surface area contributed by atoms with Crippen LogP contribution in [0.4, 0.5) is 0 Å². The van der Waals surface area contributed by atoms with Gasteiger partial charge in [0.05, 0.1) is 4.55 Å². The minimum Gasteiger partial charge on any atom is -0.454 e. The number of carbonyl (C=O) groups is 1. The second-order valence-electron chi connectivity index (χ2n) is 4.71. The van der Waals surface area contributed by atoms with Crippen LogP contribution >= 0.6 is 19.1 Å². The molecule has 106 valence electrons. The van der Waals surface area contributed by atoms with E-state index >= 15 is 0 Å². The summed E-state index contributed by atoms with van der Waals surface area (Å²) in [4.78, 5) is 14.0. The van der Waals surface area contributed by atoms with E-state index in [4.69, 9.17) is 13.8 Å². The first-order valence-electron chi connectivity index (χ1n) is 6.45. The van der Waals surface area contributed by atoms with Crippen LogP contribution in [-0.2, 0) is 4.79 Å². The fourth-order valence-electron chi connectivity index (χ4n) is 2.19. The molecule has 1 amide bonds. The average Bonchev–Trinajstić information content (AvgIpc) is 2.92. The maximum atomic E-state index is 12.1. The zero-order valence-corrected chi connectivity index (χ0v) is 13.2. The van der Waals surface area contributed by atoms with E-state index in [0.717, 1.165) is 39.0 Å². The van der Waals surface area contributed by atoms with Gasteiger partial charge in [0.15, 0.2) is 11.5 Å². The van der Waals surface area contributed by atoms with Crippen molar-refractivity contribution in [1.29, 1.82) is 0 Å². The number of hydrogen-bond donors (Lipinski definition) is 0. The average molecular weight is 385 g/mol. The standard InChI is InChI=1S/C15H16INO3/c1-16-7-2-8-17(10-16)15(18)6-4-12-3-5-13-14(9-12)20-11-19-13/h1,3-6,9H,2,7-8,10-11H2/b6-4+. The van der Waals surface area contributed by atoms with Crippen molar-refractivity contribution in [2.24, 2.45) is 0 Å². The zero-order valence-electron chi connectivity index (χ0n) is 11.0. The van der Waals surface area contributed by atoms with Crippen LogP contribution in [0.1, 0.15) is 12.0 Å². The number of nitrogens with zero attached hydrogens (tertiary/aromatic N) is 1. The molecular weight excluding hydrogens is 369 g/mol. The minimum absolute atomic E-state index is 0.0510. The molecule has 5 heteroatoms. The lowest BCUT2D eigenvalue weighted by Gasteiger charge is -2.26. The third-order valence-electron chi connectivity index (χ3n) is 3.23. The fraction of sp³-hybridized carbons (Fsp3) is 0.333. The normalized spacial score (nSPS) is 18.6. The van der Waals surface area contributed by atoms with E-state index in [-0.39, 0.29) is 12.7 Å². The van der Waals surface area contributed by atoms with Gasteiger partial charge in [-0.2, -0.15) is 0 Å². The van der Waals surface area contributed by atoms with Crippen LogP contribution in [0.15, 0.2) is 24.3 Å². The molecule has 1 saturated heterocycles. The smallest absolute Gasteiger partial charge is 0.247 e. The molecule has 20 heavy (non-hydrogen) atoms. The number of rotatable bonds is 2. The van der Waals surface area contributed by atoms with Gasteiger partial charge in [0.2, 0.25) is 12.7 Å². The maximum absolute atomic E-state index is 12.1. The molecule has 0 N–H and O–H groups in total. The lowest BCUT2D eigenvalue weighted by Crippen LogP contribution is -2.33. The van der Waals surface area contributed by atoms with E-state index in [1.165, 1.54) is 0 Å². The number of fused-ring (bicyclic) bond motifs is 1. The first kappa shape index (κ1) is 13.5. The van der Waals surface area contributed by atoms with Crippen molar-refractivity contribution in [2.75, 3.05) is 22.3 Å². The summed E-state index contributed by atoms with van der Waals surface area (Å²) in [5.41, 5.74) is 0.933. The van der Waals surface area contributed by atoms with Gasteiger partial charge in [-0.1, -0.05) is 6.07 Å². The SMILES string of the molecule is C#I1CCCN(C(=O)/C=C/c2ccc3c(c2)OCO3)C1. The predicted molar refractivity (Wildman–Crippen MR) is 86.6 cm³/mol. The van der Waals surface area contributed by atoms with Gasteiger partial charge >= 0.3 is 0 Å². The molecule has 0 aromatic heterocycles. The Morgan fingerprint density at radius 2 is 2.20 bits per heavy atom. The van der Waals surface area contributed by atoms with E-state index in [2.05, 4.69) is 0 Å². The first-order chi connectivity index (χ1) is 9.72. The van der Waals surface area contributed by atoms with E-state index < -0.39 is 19.1 Å². The molecular formula is C15H16INO3. The Hall–Kier alpha value is -1.46. The van der Waals surface area contributed by atoms with E-state index in [1.807, 2.05) is 29.2 Å². The Labute approximate surface area is 124 Å². The quantitative estimate of drug-likeness (QED) is 0.340. The molecule has 4 nitrogen and oxygen atoms in total. The van der Waals surface area contributed by atoms with Gasteiger partial charge in [-0.3, -0.25) is 4.79 Å². The molecule has 0 saturated carbocycles. The van der Waals surface area contributed by atoms with Crippen LogP contribution in [0.2, 0.25) is 0 Å².